The first kappa shape index (κ1) is 18.7. The number of likely N-dealkylation sites (tertiary alicyclic amines) is 1. The Morgan fingerprint density at radius 1 is 1.07 bits per heavy atom. The second kappa shape index (κ2) is 8.61. The zero-order valence-corrected chi connectivity index (χ0v) is 16.5. The Kier molecular flexibility index (Phi) is 5.76. The third kappa shape index (κ3) is 4.12. The predicted octanol–water partition coefficient (Wildman–Crippen LogP) is 3.31. The highest BCUT2D eigenvalue weighted by molar-refractivity contribution is 5.69. The third-order valence-electron chi connectivity index (χ3n) is 5.67. The van der Waals surface area contributed by atoms with E-state index < -0.39 is 0 Å². The third-order valence-corrected chi connectivity index (χ3v) is 5.67. The van der Waals surface area contributed by atoms with Gasteiger partial charge in [-0.3, -0.25) is 0 Å². The minimum atomic E-state index is -0.237. The van der Waals surface area contributed by atoms with Crippen LogP contribution in [0.4, 0.5) is 10.6 Å². The van der Waals surface area contributed by atoms with Crippen LogP contribution in [0.2, 0.25) is 0 Å². The van der Waals surface area contributed by atoms with Crippen LogP contribution in [0.5, 0.6) is 0 Å². The van der Waals surface area contributed by atoms with Crippen LogP contribution in [-0.2, 0) is 11.3 Å². The highest BCUT2D eigenvalue weighted by Gasteiger charge is 2.34. The van der Waals surface area contributed by atoms with Gasteiger partial charge in [-0.2, -0.15) is 0 Å². The molecule has 148 valence electrons. The fraction of sp³-hybridized carbons (Fsp3) is 0.455. The second-order valence-corrected chi connectivity index (χ2v) is 7.60. The molecule has 1 aromatic heterocycles. The number of aromatic nitrogens is 1. The van der Waals surface area contributed by atoms with E-state index in [-0.39, 0.29) is 12.1 Å². The van der Waals surface area contributed by atoms with Crippen LogP contribution in [0.15, 0.2) is 48.7 Å². The zero-order chi connectivity index (χ0) is 19.3. The van der Waals surface area contributed by atoms with Gasteiger partial charge in [0.1, 0.15) is 12.4 Å². The molecular weight excluding hydrogens is 352 g/mol. The van der Waals surface area contributed by atoms with Gasteiger partial charge in [0.2, 0.25) is 0 Å². The average molecular weight is 380 g/mol. The molecule has 1 unspecified atom stereocenters. The molecule has 28 heavy (non-hydrogen) atoms. The van der Waals surface area contributed by atoms with Crippen LogP contribution >= 0.6 is 0 Å². The molecule has 6 heteroatoms. The van der Waals surface area contributed by atoms with Gasteiger partial charge in [0.25, 0.3) is 0 Å². The molecule has 2 aliphatic rings. The van der Waals surface area contributed by atoms with Crippen molar-refractivity contribution in [3.63, 3.8) is 0 Å². The fourth-order valence-electron chi connectivity index (χ4n) is 4.06. The van der Waals surface area contributed by atoms with Crippen LogP contribution in [0.25, 0.3) is 0 Å². The predicted molar refractivity (Wildman–Crippen MR) is 109 cm³/mol. The standard InChI is InChI=1S/C22H28N4O2/c1-24-13-15-25(16-14-24)21-19(9-5-11-23-21)20-10-6-12-26(20)22(27)28-17-18-7-3-2-4-8-18/h2-5,7-9,11,20H,6,10,12-17H2,1H3. The number of nitrogens with zero attached hydrogens (tertiary/aromatic N) is 4. The molecule has 2 aliphatic heterocycles. The summed E-state index contributed by atoms with van der Waals surface area (Å²) in [4.78, 5) is 24.0. The highest BCUT2D eigenvalue weighted by Crippen LogP contribution is 2.37. The number of hydrogen-bond acceptors (Lipinski definition) is 5. The quantitative estimate of drug-likeness (QED) is 0.815. The van der Waals surface area contributed by atoms with Crippen LogP contribution in [0, 0.1) is 0 Å². The van der Waals surface area contributed by atoms with E-state index in [1.807, 2.05) is 47.5 Å². The van der Waals surface area contributed by atoms with Crippen molar-refractivity contribution in [3.8, 4) is 0 Å². The molecule has 1 atom stereocenters. The molecule has 1 amide bonds. The molecular formula is C22H28N4O2. The number of carbonyl (C=O) groups is 1. The van der Waals surface area contributed by atoms with Crippen molar-refractivity contribution >= 4 is 11.9 Å². The van der Waals surface area contributed by atoms with Crippen molar-refractivity contribution in [1.82, 2.24) is 14.8 Å². The Hall–Kier alpha value is -2.60. The molecule has 6 nitrogen and oxygen atoms in total. The van der Waals surface area contributed by atoms with Gasteiger partial charge in [-0.05, 0) is 31.5 Å². The van der Waals surface area contributed by atoms with Crippen molar-refractivity contribution in [2.45, 2.75) is 25.5 Å². The number of carbonyl (C=O) groups excluding carboxylic acids is 1. The monoisotopic (exact) mass is 380 g/mol. The minimum absolute atomic E-state index is 0.0339. The summed E-state index contributed by atoms with van der Waals surface area (Å²) < 4.78 is 5.61. The Balaban J connectivity index is 1.48. The van der Waals surface area contributed by atoms with Crippen molar-refractivity contribution in [2.75, 3.05) is 44.7 Å². The van der Waals surface area contributed by atoms with Gasteiger partial charge in [0, 0.05) is 44.5 Å². The molecule has 0 bridgehead atoms. The lowest BCUT2D eigenvalue weighted by atomic mass is 10.0. The number of hydrogen-bond donors (Lipinski definition) is 0. The summed E-state index contributed by atoms with van der Waals surface area (Å²) in [5, 5.41) is 0. The van der Waals surface area contributed by atoms with Crippen LogP contribution in [-0.4, -0.2) is 60.6 Å². The lowest BCUT2D eigenvalue weighted by Gasteiger charge is -2.35. The largest absolute Gasteiger partial charge is 0.445 e. The first-order chi connectivity index (χ1) is 13.7. The molecule has 0 N–H and O–H groups in total. The summed E-state index contributed by atoms with van der Waals surface area (Å²) in [5.74, 6) is 1.02. The van der Waals surface area contributed by atoms with E-state index in [4.69, 9.17) is 4.74 Å². The van der Waals surface area contributed by atoms with Gasteiger partial charge >= 0.3 is 6.09 Å². The first-order valence-corrected chi connectivity index (χ1v) is 10.1. The minimum Gasteiger partial charge on any atom is -0.445 e. The second-order valence-electron chi connectivity index (χ2n) is 7.60. The summed E-state index contributed by atoms with van der Waals surface area (Å²) in [7, 11) is 2.15. The molecule has 0 aliphatic carbocycles. The van der Waals surface area contributed by atoms with Crippen molar-refractivity contribution in [1.29, 1.82) is 0 Å². The maximum Gasteiger partial charge on any atom is 0.410 e. The molecule has 2 fully saturated rings. The smallest absolute Gasteiger partial charge is 0.410 e. The molecule has 3 heterocycles. The van der Waals surface area contributed by atoms with Gasteiger partial charge in [-0.25, -0.2) is 9.78 Å². The molecule has 2 saturated heterocycles. The van der Waals surface area contributed by atoms with E-state index in [0.717, 1.165) is 62.5 Å². The van der Waals surface area contributed by atoms with Crippen molar-refractivity contribution in [2.24, 2.45) is 0 Å². The molecule has 0 spiro atoms. The van der Waals surface area contributed by atoms with Crippen molar-refractivity contribution in [3.05, 3.63) is 59.8 Å². The Bertz CT molecular complexity index is 790. The van der Waals surface area contributed by atoms with E-state index in [1.54, 1.807) is 0 Å². The zero-order valence-electron chi connectivity index (χ0n) is 16.5. The SMILES string of the molecule is CN1CCN(c2ncccc2C2CCCN2C(=O)OCc2ccccc2)CC1. The van der Waals surface area contributed by atoms with E-state index in [0.29, 0.717) is 6.61 Å². The summed E-state index contributed by atoms with van der Waals surface area (Å²) in [5.41, 5.74) is 2.15. The number of ether oxygens (including phenoxy) is 1. The van der Waals surface area contributed by atoms with Gasteiger partial charge in [0.05, 0.1) is 6.04 Å². The maximum absolute atomic E-state index is 12.8. The average Bonchev–Trinajstić information content (AvgIpc) is 3.23. The number of anilines is 1. The number of rotatable bonds is 4. The number of benzene rings is 1. The normalized spacial score (nSPS) is 20.4. The lowest BCUT2D eigenvalue weighted by molar-refractivity contribution is 0.0921. The summed E-state index contributed by atoms with van der Waals surface area (Å²) >= 11 is 0. The number of likely N-dealkylation sites (N-methyl/N-ethyl adjacent to an activating group) is 1. The molecule has 1 aromatic carbocycles. The summed E-state index contributed by atoms with van der Waals surface area (Å²) in [6, 6.07) is 14.0. The number of amides is 1. The maximum atomic E-state index is 12.8. The van der Waals surface area contributed by atoms with Crippen LogP contribution in [0.3, 0.4) is 0 Å². The molecule has 0 saturated carbocycles. The van der Waals surface area contributed by atoms with Gasteiger partial charge < -0.3 is 19.4 Å². The van der Waals surface area contributed by atoms with E-state index >= 15 is 0 Å². The summed E-state index contributed by atoms with van der Waals surface area (Å²) in [6.07, 6.45) is 3.55. The Morgan fingerprint density at radius 2 is 1.86 bits per heavy atom. The Morgan fingerprint density at radius 3 is 2.64 bits per heavy atom. The van der Waals surface area contributed by atoms with Gasteiger partial charge in [0.15, 0.2) is 0 Å². The molecule has 4 rings (SSSR count). The fourth-order valence-corrected chi connectivity index (χ4v) is 4.06. The Labute approximate surface area is 166 Å². The number of piperazine rings is 1. The van der Waals surface area contributed by atoms with Gasteiger partial charge in [-0.1, -0.05) is 36.4 Å². The first-order valence-electron chi connectivity index (χ1n) is 10.1. The van der Waals surface area contributed by atoms with E-state index in [9.17, 15) is 4.79 Å². The number of pyridine rings is 1. The van der Waals surface area contributed by atoms with Crippen LogP contribution in [0.1, 0.15) is 30.0 Å². The molecule has 0 radical (unpaired) electrons. The van der Waals surface area contributed by atoms with Crippen molar-refractivity contribution < 1.29 is 9.53 Å². The van der Waals surface area contributed by atoms with Crippen LogP contribution < -0.4 is 4.90 Å². The van der Waals surface area contributed by atoms with Gasteiger partial charge in [-0.15, -0.1) is 0 Å². The summed E-state index contributed by atoms with van der Waals surface area (Å²) in [6.45, 7) is 5.03. The lowest BCUT2D eigenvalue weighted by Crippen LogP contribution is -2.45. The van der Waals surface area contributed by atoms with E-state index in [1.165, 1.54) is 0 Å². The topological polar surface area (TPSA) is 48.9 Å². The van der Waals surface area contributed by atoms with E-state index in [2.05, 4.69) is 27.9 Å². The highest BCUT2D eigenvalue weighted by atomic mass is 16.6. The molecule has 2 aromatic rings.